The van der Waals surface area contributed by atoms with Crippen LogP contribution in [0.25, 0.3) is 0 Å². The highest BCUT2D eigenvalue weighted by atomic mass is 35.5. The number of alkyl halides is 1. The molecule has 0 aromatic heterocycles. The first-order valence-corrected chi connectivity index (χ1v) is 5.98. The fourth-order valence-electron chi connectivity index (χ4n) is 1.77. The summed E-state index contributed by atoms with van der Waals surface area (Å²) < 4.78 is 13.7. The maximum absolute atomic E-state index is 13.7. The molecule has 0 aliphatic heterocycles. The lowest BCUT2D eigenvalue weighted by atomic mass is 10.0. The highest BCUT2D eigenvalue weighted by molar-refractivity contribution is 6.22. The largest absolute Gasteiger partial charge is 0.207 e. The van der Waals surface area contributed by atoms with Crippen LogP contribution in [-0.4, -0.2) is 0 Å². The fraction of sp³-hybridized carbons (Fsp3) is 0.200. The smallest absolute Gasteiger partial charge is 0.128 e. The Morgan fingerprint density at radius 1 is 0.941 bits per heavy atom. The van der Waals surface area contributed by atoms with Crippen molar-refractivity contribution in [3.63, 3.8) is 0 Å². The van der Waals surface area contributed by atoms with Gasteiger partial charge in [-0.3, -0.25) is 0 Å². The number of aryl methyl sites for hydroxylation is 2. The zero-order valence-corrected chi connectivity index (χ0v) is 10.6. The second-order valence-electron chi connectivity index (χ2n) is 4.30. The van der Waals surface area contributed by atoms with Crippen LogP contribution in [0.1, 0.15) is 27.6 Å². The molecule has 2 aromatic carbocycles. The molecule has 1 unspecified atom stereocenters. The van der Waals surface area contributed by atoms with Crippen LogP contribution < -0.4 is 0 Å². The Labute approximate surface area is 106 Å². The topological polar surface area (TPSA) is 0 Å². The molecular formula is C15H14ClF. The molecule has 2 aromatic rings. The maximum Gasteiger partial charge on any atom is 0.128 e. The van der Waals surface area contributed by atoms with Gasteiger partial charge in [0.25, 0.3) is 0 Å². The van der Waals surface area contributed by atoms with Crippen LogP contribution in [0.15, 0.2) is 42.5 Å². The standard InChI is InChI=1S/C15H14ClF/c1-10-3-6-12(7-4-10)15(16)13-9-11(2)5-8-14(13)17/h3-9,15H,1-2H3. The predicted molar refractivity (Wildman–Crippen MR) is 70.0 cm³/mol. The third-order valence-electron chi connectivity index (χ3n) is 2.79. The predicted octanol–water partition coefficient (Wildman–Crippen LogP) is 4.77. The van der Waals surface area contributed by atoms with Gasteiger partial charge in [0.1, 0.15) is 5.82 Å². The molecular weight excluding hydrogens is 235 g/mol. The molecule has 0 aliphatic carbocycles. The van der Waals surface area contributed by atoms with Gasteiger partial charge in [-0.15, -0.1) is 11.6 Å². The van der Waals surface area contributed by atoms with Gasteiger partial charge in [-0.25, -0.2) is 4.39 Å². The van der Waals surface area contributed by atoms with E-state index in [9.17, 15) is 4.39 Å². The summed E-state index contributed by atoms with van der Waals surface area (Å²) >= 11 is 6.32. The number of rotatable bonds is 2. The Morgan fingerprint density at radius 2 is 1.53 bits per heavy atom. The summed E-state index contributed by atoms with van der Waals surface area (Å²) in [6.07, 6.45) is 0. The molecule has 0 saturated heterocycles. The van der Waals surface area contributed by atoms with Crippen molar-refractivity contribution in [2.45, 2.75) is 19.2 Å². The van der Waals surface area contributed by atoms with Crippen molar-refractivity contribution in [2.24, 2.45) is 0 Å². The van der Waals surface area contributed by atoms with Gasteiger partial charge in [-0.2, -0.15) is 0 Å². The Morgan fingerprint density at radius 3 is 2.18 bits per heavy atom. The van der Waals surface area contributed by atoms with Crippen molar-refractivity contribution in [1.82, 2.24) is 0 Å². The summed E-state index contributed by atoms with van der Waals surface area (Å²) in [5, 5.41) is -0.435. The van der Waals surface area contributed by atoms with E-state index in [4.69, 9.17) is 11.6 Å². The van der Waals surface area contributed by atoms with E-state index in [1.165, 1.54) is 11.6 Å². The summed E-state index contributed by atoms with van der Waals surface area (Å²) in [7, 11) is 0. The number of hydrogen-bond donors (Lipinski definition) is 0. The third-order valence-corrected chi connectivity index (χ3v) is 3.28. The molecule has 0 spiro atoms. The molecule has 2 rings (SSSR count). The van der Waals surface area contributed by atoms with Crippen LogP contribution in [0.3, 0.4) is 0 Å². The summed E-state index contributed by atoms with van der Waals surface area (Å²) in [6.45, 7) is 3.95. The Bertz CT molecular complexity index is 517. The highest BCUT2D eigenvalue weighted by Crippen LogP contribution is 2.31. The van der Waals surface area contributed by atoms with Crippen molar-refractivity contribution in [3.8, 4) is 0 Å². The van der Waals surface area contributed by atoms with Gasteiger partial charge < -0.3 is 0 Å². The summed E-state index contributed by atoms with van der Waals surface area (Å²) in [6, 6.07) is 12.9. The van der Waals surface area contributed by atoms with Gasteiger partial charge >= 0.3 is 0 Å². The van der Waals surface area contributed by atoms with Crippen molar-refractivity contribution < 1.29 is 4.39 Å². The zero-order valence-electron chi connectivity index (χ0n) is 9.87. The maximum atomic E-state index is 13.7. The molecule has 0 saturated carbocycles. The number of benzene rings is 2. The van der Waals surface area contributed by atoms with E-state index in [2.05, 4.69) is 0 Å². The van der Waals surface area contributed by atoms with Gasteiger partial charge in [0.2, 0.25) is 0 Å². The highest BCUT2D eigenvalue weighted by Gasteiger charge is 2.15. The summed E-state index contributed by atoms with van der Waals surface area (Å²) in [4.78, 5) is 0. The summed E-state index contributed by atoms with van der Waals surface area (Å²) in [5.41, 5.74) is 3.64. The van der Waals surface area contributed by atoms with E-state index in [-0.39, 0.29) is 5.82 Å². The first-order valence-electron chi connectivity index (χ1n) is 5.54. The first-order chi connectivity index (χ1) is 8.08. The minimum absolute atomic E-state index is 0.254. The normalized spacial score (nSPS) is 12.5. The molecule has 0 fully saturated rings. The molecule has 0 heterocycles. The first kappa shape index (κ1) is 12.1. The lowest BCUT2D eigenvalue weighted by Gasteiger charge is -2.12. The average Bonchev–Trinajstić information content (AvgIpc) is 2.32. The van der Waals surface area contributed by atoms with E-state index in [0.29, 0.717) is 5.56 Å². The molecule has 1 atom stereocenters. The zero-order chi connectivity index (χ0) is 12.4. The summed E-state index contributed by atoms with van der Waals surface area (Å²) in [5.74, 6) is -0.254. The molecule has 0 bridgehead atoms. The lowest BCUT2D eigenvalue weighted by Crippen LogP contribution is -1.97. The molecule has 0 aliphatic rings. The minimum Gasteiger partial charge on any atom is -0.207 e. The van der Waals surface area contributed by atoms with Crippen LogP contribution in [0.4, 0.5) is 4.39 Å². The quantitative estimate of drug-likeness (QED) is 0.672. The lowest BCUT2D eigenvalue weighted by molar-refractivity contribution is 0.612. The molecule has 0 N–H and O–H groups in total. The molecule has 88 valence electrons. The van der Waals surface area contributed by atoms with E-state index in [1.807, 2.05) is 38.1 Å². The van der Waals surface area contributed by atoms with Gasteiger partial charge in [0.15, 0.2) is 0 Å². The molecule has 17 heavy (non-hydrogen) atoms. The molecule has 2 heteroatoms. The third kappa shape index (κ3) is 2.67. The number of halogens is 2. The van der Waals surface area contributed by atoms with Crippen LogP contribution in [0.2, 0.25) is 0 Å². The van der Waals surface area contributed by atoms with Gasteiger partial charge in [0.05, 0.1) is 5.38 Å². The van der Waals surface area contributed by atoms with Crippen LogP contribution in [0, 0.1) is 19.7 Å². The average molecular weight is 249 g/mol. The van der Waals surface area contributed by atoms with E-state index in [0.717, 1.165) is 11.1 Å². The van der Waals surface area contributed by atoms with Gasteiger partial charge in [-0.1, -0.05) is 47.5 Å². The van der Waals surface area contributed by atoms with Crippen molar-refractivity contribution >= 4 is 11.6 Å². The second kappa shape index (κ2) is 4.89. The van der Waals surface area contributed by atoms with Crippen molar-refractivity contribution in [1.29, 1.82) is 0 Å². The van der Waals surface area contributed by atoms with E-state index in [1.54, 1.807) is 12.1 Å². The van der Waals surface area contributed by atoms with Gasteiger partial charge in [0, 0.05) is 5.56 Å². The van der Waals surface area contributed by atoms with Crippen molar-refractivity contribution in [3.05, 3.63) is 70.5 Å². The van der Waals surface area contributed by atoms with E-state index < -0.39 is 5.38 Å². The molecule has 0 amide bonds. The van der Waals surface area contributed by atoms with Gasteiger partial charge in [-0.05, 0) is 25.5 Å². The molecule has 0 nitrogen and oxygen atoms in total. The van der Waals surface area contributed by atoms with Crippen molar-refractivity contribution in [2.75, 3.05) is 0 Å². The molecule has 0 radical (unpaired) electrons. The van der Waals surface area contributed by atoms with E-state index >= 15 is 0 Å². The van der Waals surface area contributed by atoms with Crippen LogP contribution in [0.5, 0.6) is 0 Å². The Balaban J connectivity index is 2.39. The monoisotopic (exact) mass is 248 g/mol. The van der Waals surface area contributed by atoms with Crippen LogP contribution >= 0.6 is 11.6 Å². The Hall–Kier alpha value is -1.34. The fourth-order valence-corrected chi connectivity index (χ4v) is 2.09. The number of hydrogen-bond acceptors (Lipinski definition) is 0. The SMILES string of the molecule is Cc1ccc(C(Cl)c2cc(C)ccc2F)cc1. The second-order valence-corrected chi connectivity index (χ2v) is 4.73. The Kier molecular flexibility index (Phi) is 3.49. The minimum atomic E-state index is -0.435. The van der Waals surface area contributed by atoms with Crippen LogP contribution in [-0.2, 0) is 0 Å².